The monoisotopic (exact) mass is 650 g/mol. The van der Waals surface area contributed by atoms with Crippen LogP contribution in [0.5, 0.6) is 0 Å². The number of hydrogen-bond donors (Lipinski definition) is 3. The van der Waals surface area contributed by atoms with Gasteiger partial charge in [-0.1, -0.05) is 86.6 Å². The van der Waals surface area contributed by atoms with E-state index in [-0.39, 0.29) is 48.6 Å². The van der Waals surface area contributed by atoms with Crippen molar-refractivity contribution in [2.24, 2.45) is 5.92 Å². The van der Waals surface area contributed by atoms with E-state index >= 15 is 0 Å². The number of amides is 3. The molecule has 46 heavy (non-hydrogen) atoms. The molecule has 250 valence electrons. The third-order valence-corrected chi connectivity index (χ3v) is 8.66. The quantitative estimate of drug-likeness (QED) is 0.169. The molecule has 1 fully saturated rings. The Labute approximate surface area is 280 Å². The summed E-state index contributed by atoms with van der Waals surface area (Å²) in [6, 6.07) is 22.9. The Morgan fingerprint density at radius 3 is 2.35 bits per heavy atom. The van der Waals surface area contributed by atoms with Gasteiger partial charge in [-0.2, -0.15) is 0 Å². The number of nitrogens with one attached hydrogen (secondary N) is 3. The first-order valence-corrected chi connectivity index (χ1v) is 16.6. The summed E-state index contributed by atoms with van der Waals surface area (Å²) in [5.74, 6) is -1.17. The van der Waals surface area contributed by atoms with Crippen LogP contribution in [0.15, 0.2) is 72.8 Å². The van der Waals surface area contributed by atoms with Crippen molar-refractivity contribution in [2.45, 2.75) is 84.1 Å². The highest BCUT2D eigenvalue weighted by molar-refractivity contribution is 6.03. The van der Waals surface area contributed by atoms with Crippen LogP contribution in [0, 0.1) is 5.92 Å². The third kappa shape index (κ3) is 10.6. The fourth-order valence-electron chi connectivity index (χ4n) is 5.92. The van der Waals surface area contributed by atoms with E-state index in [0.29, 0.717) is 51.9 Å². The average Bonchev–Trinajstić information content (AvgIpc) is 3.61. The minimum absolute atomic E-state index is 0. The first-order chi connectivity index (χ1) is 21.9. The van der Waals surface area contributed by atoms with Gasteiger partial charge in [-0.05, 0) is 74.0 Å². The maximum atomic E-state index is 14.0. The predicted octanol–water partition coefficient (Wildman–Crippen LogP) is 5.42. The fraction of sp³-hybridized carbons (Fsp3) is 0.486. The van der Waals surface area contributed by atoms with Gasteiger partial charge in [0.15, 0.2) is 0 Å². The van der Waals surface area contributed by atoms with Gasteiger partial charge in [0.2, 0.25) is 17.7 Å². The Bertz CT molecular complexity index is 1360. The van der Waals surface area contributed by atoms with E-state index in [0.717, 1.165) is 34.9 Å². The van der Waals surface area contributed by atoms with Crippen LogP contribution in [0.4, 0.5) is 0 Å². The van der Waals surface area contributed by atoms with E-state index in [1.165, 1.54) is 4.90 Å². The van der Waals surface area contributed by atoms with E-state index in [9.17, 15) is 14.4 Å². The lowest BCUT2D eigenvalue weighted by Crippen LogP contribution is -2.58. The van der Waals surface area contributed by atoms with Crippen molar-refractivity contribution in [3.63, 3.8) is 0 Å². The summed E-state index contributed by atoms with van der Waals surface area (Å²) in [7, 11) is 0. The van der Waals surface area contributed by atoms with Crippen molar-refractivity contribution in [3.8, 4) is 0 Å². The number of ether oxygens (including phenoxy) is 1. The second-order valence-corrected chi connectivity index (χ2v) is 12.1. The highest BCUT2D eigenvalue weighted by Crippen LogP contribution is 2.23. The Hall–Kier alpha value is -3.30. The minimum atomic E-state index is -0.937. The first kappa shape index (κ1) is 37.2. The Morgan fingerprint density at radius 1 is 0.935 bits per heavy atom. The molecule has 9 heteroatoms. The van der Waals surface area contributed by atoms with Gasteiger partial charge in [-0.25, -0.2) is 0 Å². The molecule has 0 radical (unpaired) electrons. The molecule has 1 aliphatic rings. The SMILES string of the molecule is CCC(CC)C(=O)N(C(=O)[C@@H]1CCCN1)[C@H](Cc1ccc2ccccc2c1)C(=O)NCCCNC[C@@H](C)OCc1ccccc1.Cl. The van der Waals surface area contributed by atoms with Crippen LogP contribution in [0.1, 0.15) is 64.0 Å². The van der Waals surface area contributed by atoms with Gasteiger partial charge in [-0.15, -0.1) is 12.4 Å². The fourth-order valence-corrected chi connectivity index (χ4v) is 5.92. The molecule has 0 saturated carbocycles. The van der Waals surface area contributed by atoms with E-state index < -0.39 is 12.1 Å². The summed E-state index contributed by atoms with van der Waals surface area (Å²) in [4.78, 5) is 43.1. The maximum absolute atomic E-state index is 14.0. The topological polar surface area (TPSA) is 99.8 Å². The Balaban J connectivity index is 0.00000576. The van der Waals surface area contributed by atoms with Gasteiger partial charge in [0.05, 0.1) is 18.8 Å². The molecule has 3 aromatic carbocycles. The zero-order valence-corrected chi connectivity index (χ0v) is 28.3. The number of carbonyl (C=O) groups excluding carboxylic acids is 3. The van der Waals surface area contributed by atoms with E-state index in [2.05, 4.69) is 22.0 Å². The third-order valence-electron chi connectivity index (χ3n) is 8.66. The predicted molar refractivity (Wildman–Crippen MR) is 187 cm³/mol. The standard InChI is InChI=1S/C37H50N4O4.ClH/c1-4-30(5-2)36(43)41(37(44)33-17-11-21-39-33)34(24-29-18-19-31-15-9-10-16-32(31)23-29)35(42)40-22-12-20-38-25-27(3)45-26-28-13-7-6-8-14-28;/h6-10,13-16,18-19,23,27,30,33-34,38-39H,4-5,11-12,17,20-22,24-26H2,1-3H3,(H,40,42);1H/t27-,33+,34-;/m1./s1. The molecule has 3 atom stereocenters. The van der Waals surface area contributed by atoms with Crippen LogP contribution >= 0.6 is 12.4 Å². The van der Waals surface area contributed by atoms with Gasteiger partial charge < -0.3 is 20.7 Å². The number of fused-ring (bicyclic) bond motifs is 1. The lowest BCUT2D eigenvalue weighted by molar-refractivity contribution is -0.155. The second-order valence-electron chi connectivity index (χ2n) is 12.1. The minimum Gasteiger partial charge on any atom is -0.373 e. The summed E-state index contributed by atoms with van der Waals surface area (Å²) >= 11 is 0. The molecular formula is C37H51ClN4O4. The van der Waals surface area contributed by atoms with Crippen LogP contribution < -0.4 is 16.0 Å². The molecule has 3 amide bonds. The normalized spacial score (nSPS) is 15.7. The number of benzene rings is 3. The van der Waals surface area contributed by atoms with Crippen LogP contribution in [0.2, 0.25) is 0 Å². The molecule has 1 heterocycles. The molecule has 0 spiro atoms. The molecule has 3 aromatic rings. The Morgan fingerprint density at radius 2 is 1.65 bits per heavy atom. The smallest absolute Gasteiger partial charge is 0.247 e. The van der Waals surface area contributed by atoms with Crippen molar-refractivity contribution in [1.29, 1.82) is 0 Å². The van der Waals surface area contributed by atoms with Crippen molar-refractivity contribution in [3.05, 3.63) is 83.9 Å². The van der Waals surface area contributed by atoms with Crippen LogP contribution in [0.25, 0.3) is 10.8 Å². The molecule has 8 nitrogen and oxygen atoms in total. The van der Waals surface area contributed by atoms with Crippen LogP contribution in [-0.4, -0.2) is 67.0 Å². The summed E-state index contributed by atoms with van der Waals surface area (Å²) in [5, 5.41) is 11.9. The number of halogens is 1. The van der Waals surface area contributed by atoms with Gasteiger partial charge in [-0.3, -0.25) is 19.3 Å². The van der Waals surface area contributed by atoms with Crippen molar-refractivity contribution in [2.75, 3.05) is 26.2 Å². The molecule has 0 unspecified atom stereocenters. The van der Waals surface area contributed by atoms with E-state index in [4.69, 9.17) is 4.74 Å². The summed E-state index contributed by atoms with van der Waals surface area (Å²) in [6.07, 6.45) is 3.77. The summed E-state index contributed by atoms with van der Waals surface area (Å²) in [6.45, 7) is 9.09. The number of rotatable bonds is 17. The molecule has 3 N–H and O–H groups in total. The zero-order valence-electron chi connectivity index (χ0n) is 27.5. The number of carbonyl (C=O) groups is 3. The summed E-state index contributed by atoms with van der Waals surface area (Å²) in [5.41, 5.74) is 2.05. The van der Waals surface area contributed by atoms with E-state index in [1.807, 2.05) is 87.5 Å². The van der Waals surface area contributed by atoms with Gasteiger partial charge >= 0.3 is 0 Å². The van der Waals surface area contributed by atoms with E-state index in [1.54, 1.807) is 0 Å². The molecular weight excluding hydrogens is 600 g/mol. The van der Waals surface area contributed by atoms with Crippen LogP contribution in [0.3, 0.4) is 0 Å². The molecule has 0 aliphatic carbocycles. The molecule has 0 aromatic heterocycles. The maximum Gasteiger partial charge on any atom is 0.247 e. The average molecular weight is 651 g/mol. The summed E-state index contributed by atoms with van der Waals surface area (Å²) < 4.78 is 5.93. The zero-order chi connectivity index (χ0) is 32.0. The van der Waals surface area contributed by atoms with Crippen molar-refractivity contribution < 1.29 is 19.1 Å². The van der Waals surface area contributed by atoms with Crippen LogP contribution in [-0.2, 0) is 32.1 Å². The highest BCUT2D eigenvalue weighted by Gasteiger charge is 2.40. The second kappa shape index (κ2) is 19.4. The van der Waals surface area contributed by atoms with Crippen molar-refractivity contribution >= 4 is 40.9 Å². The lowest BCUT2D eigenvalue weighted by atomic mass is 9.96. The number of nitrogens with zero attached hydrogens (tertiary/aromatic N) is 1. The van der Waals surface area contributed by atoms with Gasteiger partial charge in [0.25, 0.3) is 0 Å². The number of imide groups is 1. The highest BCUT2D eigenvalue weighted by atomic mass is 35.5. The first-order valence-electron chi connectivity index (χ1n) is 16.6. The molecule has 1 saturated heterocycles. The van der Waals surface area contributed by atoms with Gasteiger partial charge in [0.1, 0.15) is 6.04 Å². The lowest BCUT2D eigenvalue weighted by Gasteiger charge is -2.33. The van der Waals surface area contributed by atoms with Crippen molar-refractivity contribution in [1.82, 2.24) is 20.9 Å². The number of hydrogen-bond acceptors (Lipinski definition) is 6. The Kier molecular flexibility index (Phi) is 15.7. The molecule has 0 bridgehead atoms. The molecule has 1 aliphatic heterocycles. The molecule has 4 rings (SSSR count). The van der Waals surface area contributed by atoms with Gasteiger partial charge in [0, 0.05) is 25.4 Å². The largest absolute Gasteiger partial charge is 0.373 e.